The number of piperidine rings is 1. The van der Waals surface area contributed by atoms with Gasteiger partial charge in [0.15, 0.2) is 0 Å². The zero-order chi connectivity index (χ0) is 25.2. The highest BCUT2D eigenvalue weighted by atomic mass is 19.4. The molecule has 9 heteroatoms. The second-order valence-corrected chi connectivity index (χ2v) is 9.25. The molecule has 0 saturated carbocycles. The normalized spacial score (nSPS) is 16.4. The molecule has 6 nitrogen and oxygen atoms in total. The predicted molar refractivity (Wildman–Crippen MR) is 128 cm³/mol. The number of hydrogen-bond acceptors (Lipinski definition) is 4. The molecule has 0 bridgehead atoms. The topological polar surface area (TPSA) is 67.2 Å². The predicted octanol–water partition coefficient (Wildman–Crippen LogP) is 4.31. The summed E-state index contributed by atoms with van der Waals surface area (Å²) in [5.41, 5.74) is -0.129. The van der Waals surface area contributed by atoms with Crippen molar-refractivity contribution in [3.63, 3.8) is 0 Å². The van der Waals surface area contributed by atoms with E-state index in [4.69, 9.17) is 0 Å². The van der Waals surface area contributed by atoms with Crippen LogP contribution in [-0.2, 0) is 17.5 Å². The lowest BCUT2D eigenvalue weighted by atomic mass is 9.96. The molecular formula is C26H29F3N4O2. The zero-order valence-electron chi connectivity index (χ0n) is 19.8. The van der Waals surface area contributed by atoms with E-state index < -0.39 is 29.4 Å². The lowest BCUT2D eigenvalue weighted by molar-refractivity contribution is -0.142. The summed E-state index contributed by atoms with van der Waals surface area (Å²) in [6, 6.07) is 13.4. The number of carbonyl (C=O) groups is 1. The first-order valence-corrected chi connectivity index (χ1v) is 11.8. The molecule has 0 radical (unpaired) electrons. The summed E-state index contributed by atoms with van der Waals surface area (Å²) in [4.78, 5) is 31.5. The number of aromatic nitrogens is 2. The Balaban J connectivity index is 1.39. The van der Waals surface area contributed by atoms with Gasteiger partial charge >= 0.3 is 6.18 Å². The number of aryl methyl sites for hydroxylation is 1. The molecule has 3 aromatic rings. The highest BCUT2D eigenvalue weighted by molar-refractivity contribution is 5.83. The van der Waals surface area contributed by atoms with Gasteiger partial charge in [0.25, 0.3) is 5.56 Å². The lowest BCUT2D eigenvalue weighted by Crippen LogP contribution is -2.42. The minimum absolute atomic E-state index is 0.0139. The van der Waals surface area contributed by atoms with Crippen LogP contribution < -0.4 is 10.9 Å². The molecule has 1 fully saturated rings. The van der Waals surface area contributed by atoms with Gasteiger partial charge in [-0.3, -0.25) is 19.1 Å². The molecule has 0 spiro atoms. The van der Waals surface area contributed by atoms with Gasteiger partial charge in [-0.05, 0) is 63.4 Å². The number of benzene rings is 2. The Morgan fingerprint density at radius 2 is 1.77 bits per heavy atom. The number of halogens is 3. The van der Waals surface area contributed by atoms with E-state index in [1.54, 1.807) is 12.1 Å². The van der Waals surface area contributed by atoms with Gasteiger partial charge in [-0.2, -0.15) is 13.2 Å². The van der Waals surface area contributed by atoms with Crippen LogP contribution in [0.4, 0.5) is 13.2 Å². The Morgan fingerprint density at radius 1 is 1.11 bits per heavy atom. The number of amides is 1. The summed E-state index contributed by atoms with van der Waals surface area (Å²) in [7, 11) is 0. The standard InChI is InChI=1S/C26H29F3N4O2/c1-17-7-9-20(10-8-17)16-32-13-11-19(12-14-32)15-30-24(34)18(2)33-22-6-4-3-5-21(22)31-23(25(33)35)26(27,28)29/h3-10,18-19H,11-16H2,1-2H3,(H,30,34). The third-order valence-electron chi connectivity index (χ3n) is 6.63. The summed E-state index contributed by atoms with van der Waals surface area (Å²) >= 11 is 0. The number of rotatable bonds is 6. The SMILES string of the molecule is Cc1ccc(CN2CCC(CNC(=O)C(C)n3c(=O)c(C(F)(F)F)nc4ccccc43)CC2)cc1. The maximum Gasteiger partial charge on any atom is 0.438 e. The average Bonchev–Trinajstić information content (AvgIpc) is 2.83. The molecule has 1 amide bonds. The first-order valence-electron chi connectivity index (χ1n) is 11.8. The number of fused-ring (bicyclic) bond motifs is 1. The van der Waals surface area contributed by atoms with Crippen LogP contribution in [0.25, 0.3) is 11.0 Å². The van der Waals surface area contributed by atoms with E-state index in [2.05, 4.69) is 46.4 Å². The van der Waals surface area contributed by atoms with E-state index >= 15 is 0 Å². The van der Waals surface area contributed by atoms with Crippen LogP contribution in [0.3, 0.4) is 0 Å². The molecule has 35 heavy (non-hydrogen) atoms. The van der Waals surface area contributed by atoms with Gasteiger partial charge in [0.1, 0.15) is 6.04 Å². The van der Waals surface area contributed by atoms with E-state index in [0.717, 1.165) is 37.0 Å². The Bertz CT molecular complexity index is 1250. The van der Waals surface area contributed by atoms with Crippen molar-refractivity contribution in [3.05, 3.63) is 75.7 Å². The summed E-state index contributed by atoms with van der Waals surface area (Å²) in [5, 5.41) is 2.85. The minimum atomic E-state index is -4.91. The van der Waals surface area contributed by atoms with E-state index in [9.17, 15) is 22.8 Å². The summed E-state index contributed by atoms with van der Waals surface area (Å²) < 4.78 is 41.1. The zero-order valence-corrected chi connectivity index (χ0v) is 19.8. The smallest absolute Gasteiger partial charge is 0.354 e. The van der Waals surface area contributed by atoms with Crippen LogP contribution in [-0.4, -0.2) is 40.0 Å². The third-order valence-corrected chi connectivity index (χ3v) is 6.63. The van der Waals surface area contributed by atoms with E-state index in [1.807, 2.05) is 0 Å². The second-order valence-electron chi connectivity index (χ2n) is 9.25. The van der Waals surface area contributed by atoms with Crippen LogP contribution in [0.1, 0.15) is 42.6 Å². The number of hydrogen-bond donors (Lipinski definition) is 1. The van der Waals surface area contributed by atoms with E-state index in [1.165, 1.54) is 30.2 Å². The summed E-state index contributed by atoms with van der Waals surface area (Å²) in [5.74, 6) is -0.212. The first kappa shape index (κ1) is 24.9. The van der Waals surface area contributed by atoms with Crippen molar-refractivity contribution in [2.75, 3.05) is 19.6 Å². The van der Waals surface area contributed by atoms with E-state index in [-0.39, 0.29) is 17.0 Å². The number of para-hydroxylation sites is 2. The van der Waals surface area contributed by atoms with Crippen molar-refractivity contribution in [1.29, 1.82) is 0 Å². The molecule has 1 atom stereocenters. The first-order chi connectivity index (χ1) is 16.6. The number of alkyl halides is 3. The van der Waals surface area contributed by atoms with Crippen LogP contribution in [0, 0.1) is 12.8 Å². The molecule has 186 valence electrons. The summed E-state index contributed by atoms with van der Waals surface area (Å²) in [6.07, 6.45) is -3.08. The van der Waals surface area contributed by atoms with Crippen molar-refractivity contribution in [1.82, 2.24) is 19.8 Å². The molecule has 1 saturated heterocycles. The minimum Gasteiger partial charge on any atom is -0.354 e. The van der Waals surface area contributed by atoms with Crippen LogP contribution in [0.5, 0.6) is 0 Å². The molecular weight excluding hydrogens is 457 g/mol. The fourth-order valence-corrected chi connectivity index (χ4v) is 4.53. The quantitative estimate of drug-likeness (QED) is 0.564. The molecule has 1 aliphatic heterocycles. The highest BCUT2D eigenvalue weighted by Crippen LogP contribution is 2.27. The lowest BCUT2D eigenvalue weighted by Gasteiger charge is -2.32. The average molecular weight is 487 g/mol. The van der Waals surface area contributed by atoms with Crippen molar-refractivity contribution >= 4 is 16.9 Å². The molecule has 1 aromatic heterocycles. The molecule has 2 aromatic carbocycles. The van der Waals surface area contributed by atoms with Gasteiger partial charge in [-0.25, -0.2) is 4.98 Å². The Labute approximate surface area is 201 Å². The van der Waals surface area contributed by atoms with Crippen molar-refractivity contribution in [2.45, 2.75) is 45.5 Å². The number of likely N-dealkylation sites (tertiary alicyclic amines) is 1. The molecule has 1 unspecified atom stereocenters. The molecule has 1 N–H and O–H groups in total. The Morgan fingerprint density at radius 3 is 2.43 bits per heavy atom. The van der Waals surface area contributed by atoms with Gasteiger partial charge in [-0.15, -0.1) is 0 Å². The van der Waals surface area contributed by atoms with Gasteiger partial charge < -0.3 is 5.32 Å². The van der Waals surface area contributed by atoms with Crippen molar-refractivity contribution < 1.29 is 18.0 Å². The van der Waals surface area contributed by atoms with Gasteiger partial charge in [-0.1, -0.05) is 42.0 Å². The highest BCUT2D eigenvalue weighted by Gasteiger charge is 2.38. The molecule has 0 aliphatic carbocycles. The van der Waals surface area contributed by atoms with Crippen molar-refractivity contribution in [2.24, 2.45) is 5.92 Å². The number of carbonyl (C=O) groups excluding carboxylic acids is 1. The molecule has 2 heterocycles. The van der Waals surface area contributed by atoms with Crippen molar-refractivity contribution in [3.8, 4) is 0 Å². The fourth-order valence-electron chi connectivity index (χ4n) is 4.53. The Kier molecular flexibility index (Phi) is 7.25. The molecule has 1 aliphatic rings. The fraction of sp³-hybridized carbons (Fsp3) is 0.423. The largest absolute Gasteiger partial charge is 0.438 e. The Hall–Kier alpha value is -3.20. The number of nitrogens with zero attached hydrogens (tertiary/aromatic N) is 3. The summed E-state index contributed by atoms with van der Waals surface area (Å²) in [6.45, 7) is 6.63. The van der Waals surface area contributed by atoms with Gasteiger partial charge in [0.05, 0.1) is 11.0 Å². The number of nitrogens with one attached hydrogen (secondary N) is 1. The third kappa shape index (κ3) is 5.73. The monoisotopic (exact) mass is 486 g/mol. The van der Waals surface area contributed by atoms with Crippen LogP contribution >= 0.6 is 0 Å². The van der Waals surface area contributed by atoms with Crippen LogP contribution in [0.15, 0.2) is 53.3 Å². The van der Waals surface area contributed by atoms with Crippen LogP contribution in [0.2, 0.25) is 0 Å². The maximum absolute atomic E-state index is 13.4. The van der Waals surface area contributed by atoms with Gasteiger partial charge in [0.2, 0.25) is 11.6 Å². The maximum atomic E-state index is 13.4. The second kappa shape index (κ2) is 10.2. The van der Waals surface area contributed by atoms with Gasteiger partial charge in [0, 0.05) is 13.1 Å². The molecule has 4 rings (SSSR count). The van der Waals surface area contributed by atoms with E-state index in [0.29, 0.717) is 6.54 Å².